The monoisotopic (exact) mass is 219 g/mol. The van der Waals surface area contributed by atoms with Gasteiger partial charge in [-0.05, 0) is 51.3 Å². The fourth-order valence-corrected chi connectivity index (χ4v) is 2.32. The minimum absolute atomic E-state index is 0.0465. The van der Waals surface area contributed by atoms with Crippen LogP contribution in [0.5, 0.6) is 5.75 Å². The van der Waals surface area contributed by atoms with Crippen LogP contribution in [0.2, 0.25) is 0 Å². The second-order valence-electron chi connectivity index (χ2n) is 5.05. The molecule has 1 aliphatic rings. The molecule has 0 bridgehead atoms. The second-order valence-corrected chi connectivity index (χ2v) is 5.05. The molecule has 1 unspecified atom stereocenters. The first kappa shape index (κ1) is 11.5. The Bertz CT molecular complexity index is 347. The first-order chi connectivity index (χ1) is 7.61. The van der Waals surface area contributed by atoms with Crippen LogP contribution in [0.1, 0.15) is 30.9 Å². The molecule has 0 aliphatic carbocycles. The highest BCUT2D eigenvalue weighted by atomic mass is 16.5. The molecule has 0 amide bonds. The molecule has 1 heterocycles. The summed E-state index contributed by atoms with van der Waals surface area (Å²) in [5, 5.41) is 3.41. The lowest BCUT2D eigenvalue weighted by Crippen LogP contribution is -2.47. The zero-order chi connectivity index (χ0) is 11.6. The number of hydrogen-bond acceptors (Lipinski definition) is 2. The molecule has 1 N–H and O–H groups in total. The molecule has 16 heavy (non-hydrogen) atoms. The van der Waals surface area contributed by atoms with Gasteiger partial charge in [0.05, 0.1) is 0 Å². The van der Waals surface area contributed by atoms with Crippen LogP contribution in [0.3, 0.4) is 0 Å². The van der Waals surface area contributed by atoms with E-state index in [4.69, 9.17) is 4.74 Å². The molecule has 0 spiro atoms. The standard InChI is InChI=1S/C14H21NO/c1-11-6-4-7-12(2)13(11)16-14(3)8-5-9-15-10-14/h4,6-7,15H,5,8-10H2,1-3H3. The molecule has 0 radical (unpaired) electrons. The fourth-order valence-electron chi connectivity index (χ4n) is 2.32. The van der Waals surface area contributed by atoms with Crippen LogP contribution in [-0.4, -0.2) is 18.7 Å². The molecule has 1 fully saturated rings. The molecular formula is C14H21NO. The minimum atomic E-state index is -0.0465. The minimum Gasteiger partial charge on any atom is -0.486 e. The van der Waals surface area contributed by atoms with Crippen LogP contribution in [-0.2, 0) is 0 Å². The van der Waals surface area contributed by atoms with Gasteiger partial charge in [0.15, 0.2) is 0 Å². The van der Waals surface area contributed by atoms with Crippen molar-refractivity contribution in [1.82, 2.24) is 5.32 Å². The van der Waals surface area contributed by atoms with Crippen LogP contribution >= 0.6 is 0 Å². The van der Waals surface area contributed by atoms with Crippen molar-refractivity contribution >= 4 is 0 Å². The molecule has 2 nitrogen and oxygen atoms in total. The van der Waals surface area contributed by atoms with E-state index in [1.54, 1.807) is 0 Å². The van der Waals surface area contributed by atoms with Crippen molar-refractivity contribution < 1.29 is 4.74 Å². The highest BCUT2D eigenvalue weighted by molar-refractivity contribution is 5.40. The van der Waals surface area contributed by atoms with Crippen LogP contribution in [0, 0.1) is 13.8 Å². The maximum absolute atomic E-state index is 6.24. The maximum atomic E-state index is 6.24. The summed E-state index contributed by atoms with van der Waals surface area (Å²) < 4.78 is 6.24. The summed E-state index contributed by atoms with van der Waals surface area (Å²) in [6, 6.07) is 6.31. The van der Waals surface area contributed by atoms with Crippen molar-refractivity contribution in [2.45, 2.75) is 39.2 Å². The summed E-state index contributed by atoms with van der Waals surface area (Å²) in [7, 11) is 0. The highest BCUT2D eigenvalue weighted by Crippen LogP contribution is 2.29. The van der Waals surface area contributed by atoms with Crippen LogP contribution in [0.25, 0.3) is 0 Å². The van der Waals surface area contributed by atoms with Gasteiger partial charge in [-0.15, -0.1) is 0 Å². The van der Waals surface area contributed by atoms with Crippen molar-refractivity contribution in [3.05, 3.63) is 29.3 Å². The molecule has 1 saturated heterocycles. The van der Waals surface area contributed by atoms with Crippen molar-refractivity contribution in [1.29, 1.82) is 0 Å². The number of hydrogen-bond donors (Lipinski definition) is 1. The molecule has 1 aromatic rings. The van der Waals surface area contributed by atoms with Crippen LogP contribution in [0.4, 0.5) is 0 Å². The average Bonchev–Trinajstić information content (AvgIpc) is 2.25. The number of para-hydroxylation sites is 1. The average molecular weight is 219 g/mol. The number of aryl methyl sites for hydroxylation is 2. The second kappa shape index (κ2) is 4.46. The first-order valence-electron chi connectivity index (χ1n) is 6.07. The van der Waals surface area contributed by atoms with E-state index >= 15 is 0 Å². The number of piperidine rings is 1. The van der Waals surface area contributed by atoms with E-state index in [1.807, 2.05) is 0 Å². The van der Waals surface area contributed by atoms with E-state index in [2.05, 4.69) is 44.3 Å². The zero-order valence-electron chi connectivity index (χ0n) is 10.5. The topological polar surface area (TPSA) is 21.3 Å². The number of nitrogens with one attached hydrogen (secondary N) is 1. The molecule has 0 aromatic heterocycles. The quantitative estimate of drug-likeness (QED) is 0.826. The number of benzene rings is 1. The smallest absolute Gasteiger partial charge is 0.126 e. The summed E-state index contributed by atoms with van der Waals surface area (Å²) in [6.45, 7) is 8.49. The molecule has 2 rings (SSSR count). The predicted octanol–water partition coefficient (Wildman–Crippen LogP) is 2.82. The van der Waals surface area contributed by atoms with Crippen molar-refractivity contribution in [2.24, 2.45) is 0 Å². The van der Waals surface area contributed by atoms with Gasteiger partial charge in [-0.1, -0.05) is 18.2 Å². The summed E-state index contributed by atoms with van der Waals surface area (Å²) in [6.07, 6.45) is 2.33. The Morgan fingerprint density at radius 3 is 2.50 bits per heavy atom. The number of rotatable bonds is 2. The SMILES string of the molecule is Cc1cccc(C)c1OC1(C)CCCNC1. The summed E-state index contributed by atoms with van der Waals surface area (Å²) in [4.78, 5) is 0. The third kappa shape index (κ3) is 2.38. The summed E-state index contributed by atoms with van der Waals surface area (Å²) >= 11 is 0. The Labute approximate surface area is 98.0 Å². The van der Waals surface area contributed by atoms with Crippen molar-refractivity contribution in [3.63, 3.8) is 0 Å². The van der Waals surface area contributed by atoms with Crippen LogP contribution < -0.4 is 10.1 Å². The molecule has 1 aliphatic heterocycles. The lowest BCUT2D eigenvalue weighted by Gasteiger charge is -2.35. The third-order valence-corrected chi connectivity index (χ3v) is 3.32. The van der Waals surface area contributed by atoms with E-state index in [0.717, 1.165) is 25.3 Å². The lowest BCUT2D eigenvalue weighted by atomic mass is 9.96. The predicted molar refractivity (Wildman–Crippen MR) is 67.1 cm³/mol. The third-order valence-electron chi connectivity index (χ3n) is 3.32. The summed E-state index contributed by atoms with van der Waals surface area (Å²) in [5.74, 6) is 1.06. The van der Waals surface area contributed by atoms with Gasteiger partial charge in [0.2, 0.25) is 0 Å². The molecule has 1 atom stereocenters. The largest absolute Gasteiger partial charge is 0.486 e. The van der Waals surface area contributed by atoms with E-state index in [0.29, 0.717) is 0 Å². The van der Waals surface area contributed by atoms with Gasteiger partial charge in [-0.3, -0.25) is 0 Å². The maximum Gasteiger partial charge on any atom is 0.126 e. The first-order valence-corrected chi connectivity index (χ1v) is 6.07. The Morgan fingerprint density at radius 2 is 1.94 bits per heavy atom. The van der Waals surface area contributed by atoms with Gasteiger partial charge in [0.1, 0.15) is 11.4 Å². The molecule has 88 valence electrons. The van der Waals surface area contributed by atoms with E-state index in [-0.39, 0.29) is 5.60 Å². The fraction of sp³-hybridized carbons (Fsp3) is 0.571. The highest BCUT2D eigenvalue weighted by Gasteiger charge is 2.29. The molecule has 2 heteroatoms. The summed E-state index contributed by atoms with van der Waals surface area (Å²) in [5.41, 5.74) is 2.41. The lowest BCUT2D eigenvalue weighted by molar-refractivity contribution is 0.0600. The van der Waals surface area contributed by atoms with Crippen LogP contribution in [0.15, 0.2) is 18.2 Å². The van der Waals surface area contributed by atoms with Gasteiger partial charge in [-0.25, -0.2) is 0 Å². The van der Waals surface area contributed by atoms with E-state index in [1.165, 1.54) is 17.5 Å². The van der Waals surface area contributed by atoms with Crippen molar-refractivity contribution in [3.8, 4) is 5.75 Å². The normalized spacial score (nSPS) is 25.4. The Morgan fingerprint density at radius 1 is 1.25 bits per heavy atom. The molecule has 0 saturated carbocycles. The number of ether oxygens (including phenoxy) is 1. The van der Waals surface area contributed by atoms with E-state index < -0.39 is 0 Å². The van der Waals surface area contributed by atoms with Gasteiger partial charge in [-0.2, -0.15) is 0 Å². The van der Waals surface area contributed by atoms with E-state index in [9.17, 15) is 0 Å². The molecular weight excluding hydrogens is 198 g/mol. The zero-order valence-corrected chi connectivity index (χ0v) is 10.5. The molecule has 1 aromatic carbocycles. The van der Waals surface area contributed by atoms with Gasteiger partial charge in [0, 0.05) is 6.54 Å². The Balaban J connectivity index is 2.19. The van der Waals surface area contributed by atoms with Gasteiger partial charge in [0.25, 0.3) is 0 Å². The Hall–Kier alpha value is -1.02. The van der Waals surface area contributed by atoms with Gasteiger partial charge >= 0.3 is 0 Å². The van der Waals surface area contributed by atoms with Crippen molar-refractivity contribution in [2.75, 3.05) is 13.1 Å². The Kier molecular flexibility index (Phi) is 3.20. The van der Waals surface area contributed by atoms with Gasteiger partial charge < -0.3 is 10.1 Å².